The minimum absolute atomic E-state index is 0.976. The predicted octanol–water partition coefficient (Wildman–Crippen LogP) is 5.34. The number of rotatable bonds is 2. The van der Waals surface area contributed by atoms with Crippen LogP contribution in [0.4, 0.5) is 0 Å². The van der Waals surface area contributed by atoms with E-state index < -0.39 is 0 Å². The van der Waals surface area contributed by atoms with E-state index in [-0.39, 0.29) is 0 Å². The van der Waals surface area contributed by atoms with Crippen LogP contribution < -0.4 is 0 Å². The van der Waals surface area contributed by atoms with Crippen molar-refractivity contribution in [2.45, 2.75) is 0 Å². The Morgan fingerprint density at radius 2 is 1.10 bits per heavy atom. The number of hydrogen-bond donors (Lipinski definition) is 0. The zero-order valence-electron chi connectivity index (χ0n) is 10.4. The molecule has 0 N–H and O–H groups in total. The molecule has 2 heterocycles. The Labute approximate surface area is 134 Å². The van der Waals surface area contributed by atoms with Gasteiger partial charge in [0.15, 0.2) is 0 Å². The molecule has 0 unspecified atom stereocenters. The normalized spacial score (nSPS) is 10.5. The molecule has 20 heavy (non-hydrogen) atoms. The molecule has 98 valence electrons. The summed E-state index contributed by atoms with van der Waals surface area (Å²) in [5.74, 6) is 0. The summed E-state index contributed by atoms with van der Waals surface area (Å²) in [6, 6.07) is 12.5. The zero-order chi connectivity index (χ0) is 13.9. The van der Waals surface area contributed by atoms with E-state index in [9.17, 15) is 0 Å². The fourth-order valence-corrected chi connectivity index (χ4v) is 2.75. The van der Waals surface area contributed by atoms with Crippen molar-refractivity contribution in [2.75, 3.05) is 0 Å². The molecule has 0 saturated carbocycles. The monoisotopic (exact) mass is 388 g/mol. The van der Waals surface area contributed by atoms with Gasteiger partial charge in [-0.2, -0.15) is 0 Å². The number of aromatic nitrogens is 2. The Kier molecular flexibility index (Phi) is 3.94. The van der Waals surface area contributed by atoms with Crippen molar-refractivity contribution in [1.82, 2.24) is 9.97 Å². The van der Waals surface area contributed by atoms with Crippen molar-refractivity contribution < 1.29 is 0 Å². The Morgan fingerprint density at radius 3 is 1.55 bits per heavy atom. The van der Waals surface area contributed by atoms with Gasteiger partial charge in [0.25, 0.3) is 0 Å². The third-order valence-corrected chi connectivity index (χ3v) is 3.81. The fourth-order valence-electron chi connectivity index (χ4n) is 2.02. The van der Waals surface area contributed by atoms with Crippen molar-refractivity contribution >= 4 is 31.9 Å². The second kappa shape index (κ2) is 5.85. The highest BCUT2D eigenvalue weighted by Gasteiger charge is 2.03. The van der Waals surface area contributed by atoms with Crippen LogP contribution in [0.5, 0.6) is 0 Å². The molecule has 0 radical (unpaired) electrons. The highest BCUT2D eigenvalue weighted by atomic mass is 79.9. The van der Waals surface area contributed by atoms with Gasteiger partial charge in [-0.15, -0.1) is 0 Å². The van der Waals surface area contributed by atoms with Gasteiger partial charge in [0.2, 0.25) is 0 Å². The standard InChI is InChI=1S/C16H10Br2N2/c17-15-5-13(7-19-9-15)11-2-1-3-12(4-11)14-6-16(18)10-20-8-14/h1-10H. The van der Waals surface area contributed by atoms with Gasteiger partial charge < -0.3 is 0 Å². The third kappa shape index (κ3) is 2.97. The third-order valence-electron chi connectivity index (χ3n) is 2.94. The Hall–Kier alpha value is -1.52. The van der Waals surface area contributed by atoms with Crippen molar-refractivity contribution in [1.29, 1.82) is 0 Å². The first-order valence-electron chi connectivity index (χ1n) is 6.04. The van der Waals surface area contributed by atoms with Gasteiger partial charge in [-0.25, -0.2) is 0 Å². The van der Waals surface area contributed by atoms with E-state index in [1.165, 1.54) is 0 Å². The van der Waals surface area contributed by atoms with Crippen LogP contribution in [0.15, 0.2) is 70.1 Å². The van der Waals surface area contributed by atoms with Crippen LogP contribution in [0.1, 0.15) is 0 Å². The van der Waals surface area contributed by atoms with E-state index in [2.05, 4.69) is 72.2 Å². The lowest BCUT2D eigenvalue weighted by Crippen LogP contribution is -1.84. The first-order valence-corrected chi connectivity index (χ1v) is 7.63. The molecule has 0 amide bonds. The SMILES string of the molecule is Brc1cncc(-c2cccc(-c3cncc(Br)c3)c2)c1. The number of nitrogens with zero attached hydrogens (tertiary/aromatic N) is 2. The summed E-state index contributed by atoms with van der Waals surface area (Å²) >= 11 is 6.91. The number of hydrogen-bond acceptors (Lipinski definition) is 2. The molecular weight excluding hydrogens is 380 g/mol. The van der Waals surface area contributed by atoms with E-state index in [1.54, 1.807) is 12.4 Å². The summed E-state index contributed by atoms with van der Waals surface area (Å²) in [7, 11) is 0. The van der Waals surface area contributed by atoms with Crippen LogP contribution in [0, 0.1) is 0 Å². The second-order valence-corrected chi connectivity index (χ2v) is 6.20. The van der Waals surface area contributed by atoms with E-state index in [4.69, 9.17) is 0 Å². The fraction of sp³-hybridized carbons (Fsp3) is 0. The van der Waals surface area contributed by atoms with E-state index in [0.29, 0.717) is 0 Å². The Balaban J connectivity index is 2.06. The summed E-state index contributed by atoms with van der Waals surface area (Å²) in [6.07, 6.45) is 7.29. The summed E-state index contributed by atoms with van der Waals surface area (Å²) in [5, 5.41) is 0. The zero-order valence-corrected chi connectivity index (χ0v) is 13.6. The minimum atomic E-state index is 0.976. The summed E-state index contributed by atoms with van der Waals surface area (Å²) in [6.45, 7) is 0. The van der Waals surface area contributed by atoms with E-state index >= 15 is 0 Å². The number of benzene rings is 1. The van der Waals surface area contributed by atoms with Crippen LogP contribution in [0.25, 0.3) is 22.3 Å². The first kappa shape index (κ1) is 13.5. The molecule has 1 aromatic carbocycles. The average molecular weight is 390 g/mol. The average Bonchev–Trinajstić information content (AvgIpc) is 2.47. The van der Waals surface area contributed by atoms with Crippen LogP contribution >= 0.6 is 31.9 Å². The molecule has 0 aliphatic carbocycles. The molecule has 2 nitrogen and oxygen atoms in total. The molecule has 0 atom stereocenters. The molecule has 0 saturated heterocycles. The quantitative estimate of drug-likeness (QED) is 0.591. The molecule has 0 bridgehead atoms. The van der Waals surface area contributed by atoms with Crippen molar-refractivity contribution in [2.24, 2.45) is 0 Å². The highest BCUT2D eigenvalue weighted by molar-refractivity contribution is 9.10. The van der Waals surface area contributed by atoms with Crippen LogP contribution in [-0.2, 0) is 0 Å². The van der Waals surface area contributed by atoms with Gasteiger partial charge >= 0.3 is 0 Å². The van der Waals surface area contributed by atoms with Gasteiger partial charge in [-0.1, -0.05) is 18.2 Å². The molecule has 2 aromatic heterocycles. The summed E-state index contributed by atoms with van der Waals surface area (Å²) < 4.78 is 1.95. The first-order chi connectivity index (χ1) is 9.72. The lowest BCUT2D eigenvalue weighted by molar-refractivity contribution is 1.30. The maximum atomic E-state index is 4.21. The lowest BCUT2D eigenvalue weighted by Gasteiger charge is -2.06. The van der Waals surface area contributed by atoms with Crippen molar-refractivity contribution in [3.63, 3.8) is 0 Å². The van der Waals surface area contributed by atoms with Gasteiger partial charge in [-0.05, 0) is 61.2 Å². The van der Waals surface area contributed by atoms with Crippen molar-refractivity contribution in [3.05, 3.63) is 70.1 Å². The summed E-state index contributed by atoms with van der Waals surface area (Å²) in [4.78, 5) is 8.42. The molecule has 4 heteroatoms. The van der Waals surface area contributed by atoms with Crippen molar-refractivity contribution in [3.8, 4) is 22.3 Å². The van der Waals surface area contributed by atoms with E-state index in [1.807, 2.05) is 18.5 Å². The number of pyridine rings is 2. The smallest absolute Gasteiger partial charge is 0.0410 e. The van der Waals surface area contributed by atoms with Gasteiger partial charge in [0.1, 0.15) is 0 Å². The largest absolute Gasteiger partial charge is 0.263 e. The molecule has 3 aromatic rings. The Bertz CT molecular complexity index is 696. The Morgan fingerprint density at radius 1 is 0.600 bits per heavy atom. The molecule has 0 aliphatic rings. The molecule has 3 rings (SSSR count). The number of halogens is 2. The summed E-state index contributed by atoms with van der Waals surface area (Å²) in [5.41, 5.74) is 4.45. The second-order valence-electron chi connectivity index (χ2n) is 4.36. The minimum Gasteiger partial charge on any atom is -0.263 e. The molecular formula is C16H10Br2N2. The maximum Gasteiger partial charge on any atom is 0.0410 e. The van der Waals surface area contributed by atoms with Gasteiger partial charge in [-0.3, -0.25) is 9.97 Å². The van der Waals surface area contributed by atoms with E-state index in [0.717, 1.165) is 31.2 Å². The van der Waals surface area contributed by atoms with Gasteiger partial charge in [0.05, 0.1) is 0 Å². The predicted molar refractivity (Wildman–Crippen MR) is 88.3 cm³/mol. The molecule has 0 aliphatic heterocycles. The lowest BCUT2D eigenvalue weighted by atomic mass is 10.0. The van der Waals surface area contributed by atoms with Crippen LogP contribution in [-0.4, -0.2) is 9.97 Å². The maximum absolute atomic E-state index is 4.21. The molecule has 0 spiro atoms. The topological polar surface area (TPSA) is 25.8 Å². The highest BCUT2D eigenvalue weighted by Crippen LogP contribution is 2.28. The van der Waals surface area contributed by atoms with Gasteiger partial charge in [0, 0.05) is 44.9 Å². The molecule has 0 fully saturated rings. The van der Waals surface area contributed by atoms with Crippen LogP contribution in [0.3, 0.4) is 0 Å². The van der Waals surface area contributed by atoms with Crippen LogP contribution in [0.2, 0.25) is 0 Å².